The smallest absolute Gasteiger partial charge is 0.355 e. The van der Waals surface area contributed by atoms with Crippen LogP contribution in [0.4, 0.5) is 0 Å². The number of carbonyl (C=O) groups excluding carboxylic acids is 1. The lowest BCUT2D eigenvalue weighted by Crippen LogP contribution is -2.07. The van der Waals surface area contributed by atoms with Gasteiger partial charge in [0.1, 0.15) is 15.6 Å². The molecule has 0 N–H and O–H groups in total. The third-order valence-electron chi connectivity index (χ3n) is 3.79. The SMILES string of the molecule is CCc1ccc(-c2nc(C)c(C(=O)Oc3ccc(C#N)cc3)s2)cc1. The van der Waals surface area contributed by atoms with E-state index < -0.39 is 5.97 Å². The molecule has 0 saturated heterocycles. The van der Waals surface area contributed by atoms with E-state index in [0.717, 1.165) is 17.0 Å². The molecule has 3 aromatic rings. The first-order chi connectivity index (χ1) is 12.1. The number of hydrogen-bond donors (Lipinski definition) is 0. The second-order valence-corrected chi connectivity index (χ2v) is 6.51. The molecule has 25 heavy (non-hydrogen) atoms. The van der Waals surface area contributed by atoms with Gasteiger partial charge in [0.15, 0.2) is 0 Å². The molecule has 0 aliphatic heterocycles. The molecule has 0 amide bonds. The van der Waals surface area contributed by atoms with Gasteiger partial charge in [-0.25, -0.2) is 9.78 Å². The highest BCUT2D eigenvalue weighted by atomic mass is 32.1. The van der Waals surface area contributed by atoms with E-state index in [1.165, 1.54) is 16.9 Å². The largest absolute Gasteiger partial charge is 0.422 e. The normalized spacial score (nSPS) is 10.3. The predicted molar refractivity (Wildman–Crippen MR) is 97.8 cm³/mol. The summed E-state index contributed by atoms with van der Waals surface area (Å²) in [6.07, 6.45) is 0.985. The van der Waals surface area contributed by atoms with Gasteiger partial charge in [-0.15, -0.1) is 11.3 Å². The fourth-order valence-corrected chi connectivity index (χ4v) is 3.29. The van der Waals surface area contributed by atoms with Crippen LogP contribution in [-0.4, -0.2) is 11.0 Å². The molecule has 0 radical (unpaired) electrons. The molecule has 0 unspecified atom stereocenters. The van der Waals surface area contributed by atoms with Crippen LogP contribution in [0.3, 0.4) is 0 Å². The van der Waals surface area contributed by atoms with Gasteiger partial charge in [-0.1, -0.05) is 31.2 Å². The van der Waals surface area contributed by atoms with Crippen LogP contribution in [0.25, 0.3) is 10.6 Å². The third kappa shape index (κ3) is 3.76. The zero-order valence-electron chi connectivity index (χ0n) is 13.9. The second-order valence-electron chi connectivity index (χ2n) is 5.51. The van der Waals surface area contributed by atoms with Crippen molar-refractivity contribution in [2.24, 2.45) is 0 Å². The number of carbonyl (C=O) groups is 1. The quantitative estimate of drug-likeness (QED) is 0.503. The molecule has 0 saturated carbocycles. The number of nitriles is 1. The molecule has 0 atom stereocenters. The van der Waals surface area contributed by atoms with E-state index in [1.54, 1.807) is 31.2 Å². The number of thiazole rings is 1. The van der Waals surface area contributed by atoms with Crippen molar-refractivity contribution in [3.05, 3.63) is 70.2 Å². The average Bonchev–Trinajstić information content (AvgIpc) is 3.04. The zero-order valence-corrected chi connectivity index (χ0v) is 14.8. The molecular formula is C20H16N2O2S. The molecule has 1 heterocycles. The Morgan fingerprint density at radius 2 is 1.84 bits per heavy atom. The van der Waals surface area contributed by atoms with Crippen molar-refractivity contribution >= 4 is 17.3 Å². The Kier molecular flexibility index (Phi) is 4.92. The van der Waals surface area contributed by atoms with Gasteiger partial charge < -0.3 is 4.74 Å². The first kappa shape index (κ1) is 16.9. The summed E-state index contributed by atoms with van der Waals surface area (Å²) >= 11 is 1.32. The van der Waals surface area contributed by atoms with E-state index in [-0.39, 0.29) is 0 Å². The molecule has 1 aromatic heterocycles. The van der Waals surface area contributed by atoms with Gasteiger partial charge in [0, 0.05) is 5.56 Å². The fraction of sp³-hybridized carbons (Fsp3) is 0.150. The van der Waals surface area contributed by atoms with Crippen LogP contribution in [0.5, 0.6) is 5.75 Å². The molecule has 0 aliphatic rings. The zero-order chi connectivity index (χ0) is 17.8. The first-order valence-electron chi connectivity index (χ1n) is 7.89. The van der Waals surface area contributed by atoms with Crippen LogP contribution >= 0.6 is 11.3 Å². The Bertz CT molecular complexity index is 935. The van der Waals surface area contributed by atoms with Gasteiger partial charge in [-0.05, 0) is 43.2 Å². The van der Waals surface area contributed by atoms with Crippen LogP contribution in [0, 0.1) is 18.3 Å². The maximum absolute atomic E-state index is 12.4. The number of rotatable bonds is 4. The van der Waals surface area contributed by atoms with Crippen molar-refractivity contribution < 1.29 is 9.53 Å². The van der Waals surface area contributed by atoms with Crippen molar-refractivity contribution in [1.82, 2.24) is 4.98 Å². The molecule has 5 heteroatoms. The summed E-state index contributed by atoms with van der Waals surface area (Å²) in [5.41, 5.74) is 3.42. The number of aryl methyl sites for hydroxylation is 2. The standard InChI is InChI=1S/C20H16N2O2S/c1-3-14-4-8-16(9-5-14)19-22-13(2)18(25-19)20(23)24-17-10-6-15(12-21)7-11-17/h4-11H,3H2,1-2H3. The highest BCUT2D eigenvalue weighted by molar-refractivity contribution is 7.17. The van der Waals surface area contributed by atoms with Crippen LogP contribution < -0.4 is 4.74 Å². The summed E-state index contributed by atoms with van der Waals surface area (Å²) < 4.78 is 5.39. The topological polar surface area (TPSA) is 63.0 Å². The third-order valence-corrected chi connectivity index (χ3v) is 4.97. The molecule has 3 rings (SSSR count). The molecule has 0 aliphatic carbocycles. The van der Waals surface area contributed by atoms with Gasteiger partial charge in [0.05, 0.1) is 17.3 Å². The lowest BCUT2D eigenvalue weighted by Gasteiger charge is -2.02. The monoisotopic (exact) mass is 348 g/mol. The van der Waals surface area contributed by atoms with Gasteiger partial charge in [-0.2, -0.15) is 5.26 Å². The molecule has 4 nitrogen and oxygen atoms in total. The Hall–Kier alpha value is -2.97. The van der Waals surface area contributed by atoms with Crippen LogP contribution in [-0.2, 0) is 6.42 Å². The van der Waals surface area contributed by atoms with E-state index in [1.807, 2.05) is 18.2 Å². The van der Waals surface area contributed by atoms with Gasteiger partial charge in [-0.3, -0.25) is 0 Å². The molecule has 0 spiro atoms. The van der Waals surface area contributed by atoms with E-state index in [9.17, 15) is 4.79 Å². The summed E-state index contributed by atoms with van der Waals surface area (Å²) in [6.45, 7) is 3.91. The summed E-state index contributed by atoms with van der Waals surface area (Å²) in [5, 5.41) is 9.60. The number of hydrogen-bond acceptors (Lipinski definition) is 5. The van der Waals surface area contributed by atoms with Crippen molar-refractivity contribution in [3.63, 3.8) is 0 Å². The predicted octanol–water partition coefficient (Wildman–Crippen LogP) is 4.77. The Morgan fingerprint density at radius 3 is 2.44 bits per heavy atom. The van der Waals surface area contributed by atoms with Gasteiger partial charge >= 0.3 is 5.97 Å². The Balaban J connectivity index is 1.80. The van der Waals surface area contributed by atoms with E-state index in [4.69, 9.17) is 10.00 Å². The van der Waals surface area contributed by atoms with Gasteiger partial charge in [0.2, 0.25) is 0 Å². The van der Waals surface area contributed by atoms with E-state index in [0.29, 0.717) is 21.9 Å². The summed E-state index contributed by atoms with van der Waals surface area (Å²) in [6, 6.07) is 16.7. The Labute approximate surface area is 150 Å². The number of ether oxygens (including phenoxy) is 1. The minimum Gasteiger partial charge on any atom is -0.422 e. The van der Waals surface area contributed by atoms with Crippen molar-refractivity contribution in [3.8, 4) is 22.4 Å². The van der Waals surface area contributed by atoms with Gasteiger partial charge in [0.25, 0.3) is 0 Å². The lowest BCUT2D eigenvalue weighted by atomic mass is 10.1. The minimum atomic E-state index is -0.434. The number of benzene rings is 2. The van der Waals surface area contributed by atoms with Crippen molar-refractivity contribution in [2.75, 3.05) is 0 Å². The van der Waals surface area contributed by atoms with Crippen molar-refractivity contribution in [1.29, 1.82) is 5.26 Å². The second kappa shape index (κ2) is 7.29. The highest BCUT2D eigenvalue weighted by Crippen LogP contribution is 2.29. The molecule has 124 valence electrons. The number of nitrogens with zero attached hydrogens (tertiary/aromatic N) is 2. The average molecular weight is 348 g/mol. The summed E-state index contributed by atoms with van der Waals surface area (Å²) in [4.78, 5) is 17.4. The molecule has 0 fully saturated rings. The fourth-order valence-electron chi connectivity index (χ4n) is 2.34. The van der Waals surface area contributed by atoms with Crippen LogP contribution in [0.1, 0.15) is 33.4 Å². The maximum Gasteiger partial charge on any atom is 0.355 e. The van der Waals surface area contributed by atoms with Crippen LogP contribution in [0.15, 0.2) is 48.5 Å². The van der Waals surface area contributed by atoms with Crippen molar-refractivity contribution in [2.45, 2.75) is 20.3 Å². The Morgan fingerprint density at radius 1 is 1.16 bits per heavy atom. The lowest BCUT2D eigenvalue weighted by molar-refractivity contribution is 0.0739. The molecular weight excluding hydrogens is 332 g/mol. The number of esters is 1. The number of aromatic nitrogens is 1. The highest BCUT2D eigenvalue weighted by Gasteiger charge is 2.18. The molecule has 2 aromatic carbocycles. The molecule has 0 bridgehead atoms. The first-order valence-corrected chi connectivity index (χ1v) is 8.71. The van der Waals surface area contributed by atoms with E-state index >= 15 is 0 Å². The van der Waals surface area contributed by atoms with Crippen LogP contribution in [0.2, 0.25) is 0 Å². The maximum atomic E-state index is 12.4. The van der Waals surface area contributed by atoms with E-state index in [2.05, 4.69) is 24.0 Å². The summed E-state index contributed by atoms with van der Waals surface area (Å²) in [5.74, 6) is -0.0261. The minimum absolute atomic E-state index is 0.408. The summed E-state index contributed by atoms with van der Waals surface area (Å²) in [7, 11) is 0.